The SMILES string of the molecule is O=C(NC1CCCCC1)c1cc2occc2n1Cc1ccc(F)c(F)c1. The lowest BCUT2D eigenvalue weighted by Crippen LogP contribution is -2.37. The Morgan fingerprint density at radius 3 is 2.69 bits per heavy atom. The molecule has 2 heterocycles. The largest absolute Gasteiger partial charge is 0.463 e. The molecule has 0 saturated heterocycles. The fourth-order valence-electron chi connectivity index (χ4n) is 3.66. The number of amides is 1. The Morgan fingerprint density at radius 1 is 1.12 bits per heavy atom. The van der Waals surface area contributed by atoms with Gasteiger partial charge in [0.15, 0.2) is 17.2 Å². The molecule has 0 bridgehead atoms. The van der Waals surface area contributed by atoms with Crippen LogP contribution in [-0.2, 0) is 6.54 Å². The molecule has 6 heteroatoms. The minimum absolute atomic E-state index is 0.161. The van der Waals surface area contributed by atoms with Gasteiger partial charge < -0.3 is 14.3 Å². The Kier molecular flexibility index (Phi) is 4.49. The number of fused-ring (bicyclic) bond motifs is 1. The summed E-state index contributed by atoms with van der Waals surface area (Å²) in [6, 6.07) is 7.44. The van der Waals surface area contributed by atoms with Gasteiger partial charge in [-0.1, -0.05) is 25.3 Å². The molecule has 1 aliphatic rings. The summed E-state index contributed by atoms with van der Waals surface area (Å²) in [5, 5.41) is 3.10. The number of aromatic nitrogens is 1. The van der Waals surface area contributed by atoms with Gasteiger partial charge in [-0.05, 0) is 30.5 Å². The Morgan fingerprint density at radius 2 is 1.92 bits per heavy atom. The van der Waals surface area contributed by atoms with Crippen LogP contribution in [0.2, 0.25) is 0 Å². The average Bonchev–Trinajstić information content (AvgIpc) is 3.22. The molecule has 4 rings (SSSR count). The minimum Gasteiger partial charge on any atom is -0.463 e. The Bertz CT molecular complexity index is 939. The number of benzene rings is 1. The van der Waals surface area contributed by atoms with Crippen molar-refractivity contribution in [2.24, 2.45) is 0 Å². The first-order valence-electron chi connectivity index (χ1n) is 8.93. The van der Waals surface area contributed by atoms with Crippen LogP contribution < -0.4 is 5.32 Å². The maximum absolute atomic E-state index is 13.5. The average molecular weight is 358 g/mol. The molecule has 1 aliphatic carbocycles. The van der Waals surface area contributed by atoms with E-state index in [1.165, 1.54) is 12.5 Å². The third-order valence-electron chi connectivity index (χ3n) is 5.02. The highest BCUT2D eigenvalue weighted by atomic mass is 19.2. The summed E-state index contributed by atoms with van der Waals surface area (Å²) in [6.07, 6.45) is 7.00. The van der Waals surface area contributed by atoms with E-state index in [1.807, 2.05) is 0 Å². The van der Waals surface area contributed by atoms with E-state index in [1.54, 1.807) is 23.0 Å². The zero-order valence-corrected chi connectivity index (χ0v) is 14.3. The number of hydrogen-bond acceptors (Lipinski definition) is 2. The zero-order valence-electron chi connectivity index (χ0n) is 14.3. The second kappa shape index (κ2) is 6.94. The zero-order chi connectivity index (χ0) is 18.1. The molecular formula is C20H20F2N2O2. The van der Waals surface area contributed by atoms with Gasteiger partial charge in [0.2, 0.25) is 0 Å². The lowest BCUT2D eigenvalue weighted by molar-refractivity contribution is 0.0919. The summed E-state index contributed by atoms with van der Waals surface area (Å²) >= 11 is 0. The molecule has 1 saturated carbocycles. The van der Waals surface area contributed by atoms with E-state index in [2.05, 4.69) is 5.32 Å². The maximum Gasteiger partial charge on any atom is 0.268 e. The Balaban J connectivity index is 1.64. The molecule has 0 aliphatic heterocycles. The first-order valence-corrected chi connectivity index (χ1v) is 8.93. The smallest absolute Gasteiger partial charge is 0.268 e. The predicted molar refractivity (Wildman–Crippen MR) is 94.0 cm³/mol. The van der Waals surface area contributed by atoms with Crippen molar-refractivity contribution in [2.75, 3.05) is 0 Å². The van der Waals surface area contributed by atoms with Gasteiger partial charge in [0, 0.05) is 24.7 Å². The van der Waals surface area contributed by atoms with Crippen molar-refractivity contribution in [3.05, 3.63) is 59.5 Å². The van der Waals surface area contributed by atoms with Crippen molar-refractivity contribution < 1.29 is 18.0 Å². The number of hydrogen-bond donors (Lipinski definition) is 1. The molecule has 0 atom stereocenters. The van der Waals surface area contributed by atoms with Gasteiger partial charge in [0.1, 0.15) is 5.69 Å². The molecule has 4 nitrogen and oxygen atoms in total. The van der Waals surface area contributed by atoms with E-state index in [0.29, 0.717) is 16.8 Å². The van der Waals surface area contributed by atoms with Crippen molar-refractivity contribution in [1.82, 2.24) is 9.88 Å². The second-order valence-electron chi connectivity index (χ2n) is 6.84. The summed E-state index contributed by atoms with van der Waals surface area (Å²) in [7, 11) is 0. The van der Waals surface area contributed by atoms with Gasteiger partial charge in [-0.25, -0.2) is 8.78 Å². The highest BCUT2D eigenvalue weighted by molar-refractivity contribution is 5.97. The molecule has 0 spiro atoms. The molecule has 1 amide bonds. The number of nitrogens with zero attached hydrogens (tertiary/aromatic N) is 1. The summed E-state index contributed by atoms with van der Waals surface area (Å²) in [6.45, 7) is 0.258. The Labute approximate surface area is 149 Å². The van der Waals surface area contributed by atoms with Gasteiger partial charge in [-0.2, -0.15) is 0 Å². The molecule has 1 fully saturated rings. The first-order chi connectivity index (χ1) is 12.6. The van der Waals surface area contributed by atoms with Gasteiger partial charge in [-0.3, -0.25) is 4.79 Å². The van der Waals surface area contributed by atoms with E-state index in [9.17, 15) is 13.6 Å². The van der Waals surface area contributed by atoms with Crippen LogP contribution >= 0.6 is 0 Å². The Hall–Kier alpha value is -2.63. The van der Waals surface area contributed by atoms with Crippen molar-refractivity contribution in [2.45, 2.75) is 44.7 Å². The van der Waals surface area contributed by atoms with E-state index in [-0.39, 0.29) is 18.5 Å². The molecule has 0 unspecified atom stereocenters. The van der Waals surface area contributed by atoms with Gasteiger partial charge >= 0.3 is 0 Å². The third-order valence-corrected chi connectivity index (χ3v) is 5.02. The molecule has 2 aromatic heterocycles. The normalized spacial score (nSPS) is 15.5. The van der Waals surface area contributed by atoms with Crippen molar-refractivity contribution >= 4 is 17.0 Å². The molecule has 26 heavy (non-hydrogen) atoms. The number of nitrogens with one attached hydrogen (secondary N) is 1. The highest BCUT2D eigenvalue weighted by Gasteiger charge is 2.22. The number of halogens is 2. The van der Waals surface area contributed by atoms with E-state index in [0.717, 1.165) is 43.3 Å². The number of carbonyl (C=O) groups excluding carboxylic acids is 1. The summed E-state index contributed by atoms with van der Waals surface area (Å²) in [4.78, 5) is 12.8. The van der Waals surface area contributed by atoms with Crippen LogP contribution in [0.1, 0.15) is 48.2 Å². The number of carbonyl (C=O) groups is 1. The quantitative estimate of drug-likeness (QED) is 0.739. The van der Waals surface area contributed by atoms with Crippen molar-refractivity contribution in [3.8, 4) is 0 Å². The summed E-state index contributed by atoms with van der Waals surface area (Å²) in [5.74, 6) is -1.94. The standard InChI is InChI=1S/C20H20F2N2O2/c21-15-7-6-13(10-16(15)22)12-24-17-8-9-26-19(17)11-18(24)20(25)23-14-4-2-1-3-5-14/h6-11,14H,1-5,12H2,(H,23,25). The second-order valence-corrected chi connectivity index (χ2v) is 6.84. The van der Waals surface area contributed by atoms with Crippen LogP contribution in [0.15, 0.2) is 41.0 Å². The minimum atomic E-state index is -0.897. The lowest BCUT2D eigenvalue weighted by Gasteiger charge is -2.23. The van der Waals surface area contributed by atoms with Crippen LogP contribution in [0, 0.1) is 11.6 Å². The van der Waals surface area contributed by atoms with Crippen molar-refractivity contribution in [3.63, 3.8) is 0 Å². The fourth-order valence-corrected chi connectivity index (χ4v) is 3.66. The van der Waals surface area contributed by atoms with E-state index < -0.39 is 11.6 Å². The van der Waals surface area contributed by atoms with E-state index >= 15 is 0 Å². The molecule has 3 aromatic rings. The van der Waals surface area contributed by atoms with Crippen molar-refractivity contribution in [1.29, 1.82) is 0 Å². The van der Waals surface area contributed by atoms with E-state index in [4.69, 9.17) is 4.42 Å². The number of rotatable bonds is 4. The monoisotopic (exact) mass is 358 g/mol. The maximum atomic E-state index is 13.5. The first kappa shape index (κ1) is 16.8. The van der Waals surface area contributed by atoms with Crippen LogP contribution in [0.25, 0.3) is 11.1 Å². The van der Waals surface area contributed by atoms with Gasteiger partial charge in [0.25, 0.3) is 5.91 Å². The van der Waals surface area contributed by atoms with Gasteiger partial charge in [0.05, 0.1) is 11.8 Å². The summed E-state index contributed by atoms with van der Waals surface area (Å²) in [5.41, 5.74) is 2.40. The third kappa shape index (κ3) is 3.23. The molecular weight excluding hydrogens is 338 g/mol. The van der Waals surface area contributed by atoms with Crippen LogP contribution in [0.3, 0.4) is 0 Å². The lowest BCUT2D eigenvalue weighted by atomic mass is 9.95. The topological polar surface area (TPSA) is 47.2 Å². The molecule has 136 valence electrons. The molecule has 0 radical (unpaired) electrons. The van der Waals surface area contributed by atoms with Crippen LogP contribution in [0.5, 0.6) is 0 Å². The molecule has 1 N–H and O–H groups in total. The highest BCUT2D eigenvalue weighted by Crippen LogP contribution is 2.24. The van der Waals surface area contributed by atoms with Crippen LogP contribution in [-0.4, -0.2) is 16.5 Å². The van der Waals surface area contributed by atoms with Crippen LogP contribution in [0.4, 0.5) is 8.78 Å². The van der Waals surface area contributed by atoms with Gasteiger partial charge in [-0.15, -0.1) is 0 Å². The fraction of sp³-hybridized carbons (Fsp3) is 0.350. The number of furan rings is 1. The molecule has 1 aromatic carbocycles. The summed E-state index contributed by atoms with van der Waals surface area (Å²) < 4.78 is 33.9. The predicted octanol–water partition coefficient (Wildman–Crippen LogP) is 4.62.